The minimum absolute atomic E-state index is 0.0180. The molecule has 0 aliphatic carbocycles. The fraction of sp³-hybridized carbons (Fsp3) is 0.389. The van der Waals surface area contributed by atoms with E-state index < -0.39 is 10.0 Å². The highest BCUT2D eigenvalue weighted by molar-refractivity contribution is 7.89. The zero-order valence-corrected chi connectivity index (χ0v) is 17.2. The Kier molecular flexibility index (Phi) is 7.43. The first-order valence-corrected chi connectivity index (χ1v) is 10.6. The molecule has 2 aromatic rings. The summed E-state index contributed by atoms with van der Waals surface area (Å²) < 4.78 is 31.9. The molecule has 0 bridgehead atoms. The van der Waals surface area contributed by atoms with E-state index in [0.717, 1.165) is 5.76 Å². The molecule has 0 saturated carbocycles. The molecule has 1 aromatic carbocycles. The summed E-state index contributed by atoms with van der Waals surface area (Å²) in [4.78, 5) is 12.4. The van der Waals surface area contributed by atoms with E-state index in [2.05, 4.69) is 5.32 Å². The van der Waals surface area contributed by atoms with Crippen molar-refractivity contribution >= 4 is 33.2 Å². The van der Waals surface area contributed by atoms with Gasteiger partial charge in [0.15, 0.2) is 12.3 Å². The van der Waals surface area contributed by atoms with Crippen LogP contribution in [-0.4, -0.2) is 38.3 Å². The van der Waals surface area contributed by atoms with E-state index in [1.165, 1.54) is 22.5 Å². The number of amides is 1. The number of anilines is 1. The maximum Gasteiger partial charge on any atom is 0.279 e. The van der Waals surface area contributed by atoms with Crippen LogP contribution in [0.25, 0.3) is 0 Å². The molecule has 7 nitrogen and oxygen atoms in total. The number of benzene rings is 1. The number of rotatable bonds is 9. The number of sulfonamides is 1. The van der Waals surface area contributed by atoms with Crippen molar-refractivity contribution in [1.82, 2.24) is 4.31 Å². The number of quaternary nitrogens is 1. The lowest BCUT2D eigenvalue weighted by atomic mass is 10.2. The fourth-order valence-corrected chi connectivity index (χ4v) is 4.27. The van der Waals surface area contributed by atoms with Gasteiger partial charge in [0.1, 0.15) is 6.04 Å². The summed E-state index contributed by atoms with van der Waals surface area (Å²) in [5, 5.41) is 4.78. The molecule has 0 spiro atoms. The molecular formula is C18H25ClN3O4S+. The number of hydrogen-bond acceptors (Lipinski definition) is 4. The third-order valence-electron chi connectivity index (χ3n) is 4.20. The van der Waals surface area contributed by atoms with Gasteiger partial charge in [-0.2, -0.15) is 4.31 Å². The lowest BCUT2D eigenvalue weighted by Gasteiger charge is -2.19. The van der Waals surface area contributed by atoms with E-state index in [1.807, 2.05) is 18.3 Å². The smallest absolute Gasteiger partial charge is 0.279 e. The first-order valence-electron chi connectivity index (χ1n) is 8.75. The number of furan rings is 1. The Morgan fingerprint density at radius 2 is 2.00 bits per heavy atom. The van der Waals surface area contributed by atoms with Crippen LogP contribution in [0.3, 0.4) is 0 Å². The number of nitrogens with zero attached hydrogens (tertiary/aromatic N) is 1. The minimum atomic E-state index is -3.63. The normalized spacial score (nSPS) is 12.9. The van der Waals surface area contributed by atoms with Gasteiger partial charge in [0, 0.05) is 13.1 Å². The van der Waals surface area contributed by atoms with Crippen molar-refractivity contribution in [1.29, 1.82) is 0 Å². The van der Waals surface area contributed by atoms with E-state index in [1.54, 1.807) is 26.2 Å². The number of nitrogens with two attached hydrogens (primary N) is 1. The van der Waals surface area contributed by atoms with Crippen LogP contribution in [0.2, 0.25) is 5.02 Å². The molecule has 0 fully saturated rings. The van der Waals surface area contributed by atoms with Crippen molar-refractivity contribution in [3.63, 3.8) is 0 Å². The van der Waals surface area contributed by atoms with E-state index in [0.29, 0.717) is 13.1 Å². The van der Waals surface area contributed by atoms with Gasteiger partial charge in [-0.25, -0.2) is 8.42 Å². The molecule has 148 valence electrons. The maximum atomic E-state index is 12.6. The molecule has 1 atom stereocenters. The second kappa shape index (κ2) is 9.36. The molecule has 1 heterocycles. The van der Waals surface area contributed by atoms with Gasteiger partial charge in [-0.05, 0) is 37.3 Å². The van der Waals surface area contributed by atoms with Gasteiger partial charge in [0.05, 0.1) is 21.9 Å². The van der Waals surface area contributed by atoms with Gasteiger partial charge in [-0.3, -0.25) is 4.79 Å². The van der Waals surface area contributed by atoms with E-state index in [4.69, 9.17) is 16.0 Å². The Morgan fingerprint density at radius 3 is 2.59 bits per heavy atom. The van der Waals surface area contributed by atoms with Crippen LogP contribution in [0.5, 0.6) is 0 Å². The molecule has 3 N–H and O–H groups in total. The SMILES string of the molecule is CCN(CC)S(=O)(=O)c1ccc(Cl)c(NC(=O)C[NH2+][C@@H](C)c2ccco2)c1. The van der Waals surface area contributed by atoms with E-state index >= 15 is 0 Å². The molecule has 0 radical (unpaired) electrons. The number of halogens is 1. The van der Waals surface area contributed by atoms with Gasteiger partial charge < -0.3 is 15.1 Å². The average Bonchev–Trinajstić information content (AvgIpc) is 3.17. The van der Waals surface area contributed by atoms with Crippen LogP contribution in [0.15, 0.2) is 45.9 Å². The van der Waals surface area contributed by atoms with Crippen molar-refractivity contribution in [3.05, 3.63) is 47.4 Å². The van der Waals surface area contributed by atoms with Crippen LogP contribution in [0.4, 0.5) is 5.69 Å². The minimum Gasteiger partial charge on any atom is -0.463 e. The van der Waals surface area contributed by atoms with Crippen LogP contribution in [-0.2, 0) is 14.8 Å². The topological polar surface area (TPSA) is 96.2 Å². The fourth-order valence-electron chi connectivity index (χ4n) is 2.62. The van der Waals surface area contributed by atoms with Crippen LogP contribution in [0.1, 0.15) is 32.6 Å². The zero-order chi connectivity index (χ0) is 20.0. The summed E-state index contributed by atoms with van der Waals surface area (Å²) in [6, 6.07) is 7.93. The molecule has 0 aliphatic rings. The summed E-state index contributed by atoms with van der Waals surface area (Å²) in [6.45, 7) is 6.35. The molecule has 2 rings (SSSR count). The number of carbonyl (C=O) groups is 1. The van der Waals surface area contributed by atoms with Crippen molar-refractivity contribution in [2.75, 3.05) is 25.0 Å². The van der Waals surface area contributed by atoms with Crippen LogP contribution < -0.4 is 10.6 Å². The summed E-state index contributed by atoms with van der Waals surface area (Å²) in [5.74, 6) is 0.487. The zero-order valence-electron chi connectivity index (χ0n) is 15.6. The quantitative estimate of drug-likeness (QED) is 0.657. The highest BCUT2D eigenvalue weighted by Gasteiger charge is 2.23. The van der Waals surface area contributed by atoms with Crippen LogP contribution >= 0.6 is 11.6 Å². The first-order chi connectivity index (χ1) is 12.8. The summed E-state index contributed by atoms with van der Waals surface area (Å²) >= 11 is 6.13. The number of hydrogen-bond donors (Lipinski definition) is 2. The van der Waals surface area contributed by atoms with Crippen molar-refractivity contribution in [3.8, 4) is 0 Å². The molecule has 9 heteroatoms. The van der Waals surface area contributed by atoms with Crippen LogP contribution in [0, 0.1) is 0 Å². The lowest BCUT2D eigenvalue weighted by molar-refractivity contribution is -0.684. The Morgan fingerprint density at radius 1 is 1.30 bits per heavy atom. The van der Waals surface area contributed by atoms with E-state index in [9.17, 15) is 13.2 Å². The maximum absolute atomic E-state index is 12.6. The highest BCUT2D eigenvalue weighted by Crippen LogP contribution is 2.26. The van der Waals surface area contributed by atoms with Crippen molar-refractivity contribution < 1.29 is 22.9 Å². The molecule has 1 aromatic heterocycles. The Balaban J connectivity index is 2.08. The van der Waals surface area contributed by atoms with Gasteiger partial charge >= 0.3 is 0 Å². The second-order valence-electron chi connectivity index (χ2n) is 6.02. The Hall–Kier alpha value is -1.87. The molecule has 27 heavy (non-hydrogen) atoms. The molecule has 1 amide bonds. The molecule has 0 aliphatic heterocycles. The summed E-state index contributed by atoms with van der Waals surface area (Å²) in [6.07, 6.45) is 1.58. The molecule has 0 unspecified atom stereocenters. The summed E-state index contributed by atoms with van der Waals surface area (Å²) in [7, 11) is -3.63. The molecular weight excluding hydrogens is 390 g/mol. The standard InChI is InChI=1S/C18H24ClN3O4S/c1-4-22(5-2)27(24,25)14-8-9-15(19)16(11-14)21-18(23)12-20-13(3)17-7-6-10-26-17/h6-11,13,20H,4-5,12H2,1-3H3,(H,21,23)/p+1/t13-/m0/s1. The lowest BCUT2D eigenvalue weighted by Crippen LogP contribution is -2.86. The van der Waals surface area contributed by atoms with Crippen molar-refractivity contribution in [2.45, 2.75) is 31.7 Å². The third-order valence-corrected chi connectivity index (χ3v) is 6.58. The van der Waals surface area contributed by atoms with Gasteiger partial charge in [0.2, 0.25) is 10.0 Å². The predicted octanol–water partition coefficient (Wildman–Crippen LogP) is 2.23. The second-order valence-corrected chi connectivity index (χ2v) is 8.37. The van der Waals surface area contributed by atoms with Gasteiger partial charge in [0.25, 0.3) is 5.91 Å². The van der Waals surface area contributed by atoms with E-state index in [-0.39, 0.29) is 34.1 Å². The Bertz CT molecular complexity index is 865. The Labute approximate surface area is 164 Å². The monoisotopic (exact) mass is 414 g/mol. The van der Waals surface area contributed by atoms with Crippen molar-refractivity contribution in [2.24, 2.45) is 0 Å². The van der Waals surface area contributed by atoms with Gasteiger partial charge in [-0.15, -0.1) is 0 Å². The predicted molar refractivity (Wildman–Crippen MR) is 104 cm³/mol. The van der Waals surface area contributed by atoms with Gasteiger partial charge in [-0.1, -0.05) is 25.4 Å². The molecule has 0 saturated heterocycles. The average molecular weight is 415 g/mol. The first kappa shape index (κ1) is 21.4. The summed E-state index contributed by atoms with van der Waals surface area (Å²) in [5.41, 5.74) is 0.272. The third kappa shape index (κ3) is 5.32. The largest absolute Gasteiger partial charge is 0.463 e. The highest BCUT2D eigenvalue weighted by atomic mass is 35.5. The number of carbonyl (C=O) groups excluding carboxylic acids is 1. The number of nitrogens with one attached hydrogen (secondary N) is 1.